The van der Waals surface area contributed by atoms with Crippen molar-refractivity contribution in [3.8, 4) is 0 Å². The van der Waals surface area contributed by atoms with E-state index >= 15 is 0 Å². The molecular formula is C15H23N3O3. The van der Waals surface area contributed by atoms with E-state index in [0.717, 1.165) is 30.9 Å². The van der Waals surface area contributed by atoms with Gasteiger partial charge < -0.3 is 10.1 Å². The molecule has 0 heterocycles. The Balaban J connectivity index is 2.17. The molecule has 0 aliphatic heterocycles. The zero-order chi connectivity index (χ0) is 15.2. The summed E-state index contributed by atoms with van der Waals surface area (Å²) in [6.07, 6.45) is 2.41. The quantitative estimate of drug-likeness (QED) is 0.560. The number of hydrogen-bond donors (Lipinski definition) is 1. The third-order valence-corrected chi connectivity index (χ3v) is 3.69. The molecule has 0 amide bonds. The summed E-state index contributed by atoms with van der Waals surface area (Å²) in [4.78, 5) is 13.0. The molecule has 1 saturated carbocycles. The van der Waals surface area contributed by atoms with Gasteiger partial charge in [0.25, 0.3) is 5.69 Å². The Morgan fingerprint density at radius 3 is 2.81 bits per heavy atom. The molecule has 1 aromatic rings. The normalized spacial score (nSPS) is 14.4. The van der Waals surface area contributed by atoms with Crippen LogP contribution in [0.5, 0.6) is 0 Å². The number of nitrogens with zero attached hydrogens (tertiary/aromatic N) is 2. The van der Waals surface area contributed by atoms with Crippen LogP contribution in [0.4, 0.5) is 11.4 Å². The van der Waals surface area contributed by atoms with E-state index < -0.39 is 0 Å². The van der Waals surface area contributed by atoms with Gasteiger partial charge in [0, 0.05) is 50.6 Å². The topological polar surface area (TPSA) is 67.6 Å². The van der Waals surface area contributed by atoms with Crippen molar-refractivity contribution in [3.05, 3.63) is 33.9 Å². The maximum absolute atomic E-state index is 11.0. The number of non-ortho nitro benzene ring substituents is 1. The molecule has 1 aromatic carbocycles. The number of benzene rings is 1. The molecule has 0 aromatic heterocycles. The molecule has 1 fully saturated rings. The van der Waals surface area contributed by atoms with Gasteiger partial charge in [0.15, 0.2) is 0 Å². The summed E-state index contributed by atoms with van der Waals surface area (Å²) in [5, 5.41) is 14.3. The van der Waals surface area contributed by atoms with Gasteiger partial charge >= 0.3 is 0 Å². The molecule has 0 unspecified atom stereocenters. The number of rotatable bonds is 9. The third-order valence-electron chi connectivity index (χ3n) is 3.69. The molecule has 0 radical (unpaired) electrons. The first-order valence-electron chi connectivity index (χ1n) is 7.40. The first-order chi connectivity index (χ1) is 10.2. The molecule has 0 bridgehead atoms. The molecule has 1 aliphatic rings. The Hall–Kier alpha value is -1.66. The minimum Gasteiger partial charge on any atom is -0.385 e. The second-order valence-corrected chi connectivity index (χ2v) is 5.32. The summed E-state index contributed by atoms with van der Waals surface area (Å²) >= 11 is 0. The fraction of sp³-hybridized carbons (Fsp3) is 0.600. The molecule has 6 nitrogen and oxygen atoms in total. The fourth-order valence-corrected chi connectivity index (χ4v) is 2.45. The largest absolute Gasteiger partial charge is 0.385 e. The predicted octanol–water partition coefficient (Wildman–Crippen LogP) is 2.64. The summed E-state index contributed by atoms with van der Waals surface area (Å²) in [5.74, 6) is 0. The number of ether oxygens (including phenoxy) is 1. The first kappa shape index (κ1) is 15.7. The number of hydrogen-bond acceptors (Lipinski definition) is 5. The van der Waals surface area contributed by atoms with Crippen LogP contribution in [0.15, 0.2) is 18.2 Å². The monoisotopic (exact) mass is 293 g/mol. The molecule has 1 N–H and O–H groups in total. The van der Waals surface area contributed by atoms with Crippen LogP contribution in [-0.4, -0.2) is 42.7 Å². The van der Waals surface area contributed by atoms with Crippen LogP contribution in [-0.2, 0) is 11.3 Å². The lowest BCUT2D eigenvalue weighted by Crippen LogP contribution is -2.29. The maximum Gasteiger partial charge on any atom is 0.269 e. The smallest absolute Gasteiger partial charge is 0.269 e. The van der Waals surface area contributed by atoms with Crippen molar-refractivity contribution in [1.82, 2.24) is 4.90 Å². The van der Waals surface area contributed by atoms with E-state index in [1.807, 2.05) is 6.92 Å². The molecular weight excluding hydrogens is 270 g/mol. The molecule has 6 heteroatoms. The van der Waals surface area contributed by atoms with Crippen molar-refractivity contribution in [3.63, 3.8) is 0 Å². The second kappa shape index (κ2) is 7.38. The standard InChI is InChI=1S/C15H23N3O3/c1-3-16-15-7-6-14(18(19)20)10-12(15)11-17(8-9-21-2)13-4-5-13/h6-7,10,13,16H,3-5,8-9,11H2,1-2H3. The Labute approximate surface area is 125 Å². The van der Waals surface area contributed by atoms with E-state index in [1.54, 1.807) is 25.3 Å². The number of anilines is 1. The van der Waals surface area contributed by atoms with Gasteiger partial charge in [-0.05, 0) is 31.4 Å². The lowest BCUT2D eigenvalue weighted by molar-refractivity contribution is -0.384. The highest BCUT2D eigenvalue weighted by Crippen LogP contribution is 2.30. The van der Waals surface area contributed by atoms with Gasteiger partial charge in [0.2, 0.25) is 0 Å². The lowest BCUT2D eigenvalue weighted by atomic mass is 10.1. The Morgan fingerprint density at radius 2 is 2.24 bits per heavy atom. The van der Waals surface area contributed by atoms with Crippen molar-refractivity contribution in [2.45, 2.75) is 32.4 Å². The van der Waals surface area contributed by atoms with Crippen molar-refractivity contribution in [2.24, 2.45) is 0 Å². The number of nitro groups is 1. The van der Waals surface area contributed by atoms with E-state index in [9.17, 15) is 10.1 Å². The van der Waals surface area contributed by atoms with Gasteiger partial charge in [0.1, 0.15) is 0 Å². The van der Waals surface area contributed by atoms with Crippen LogP contribution in [0, 0.1) is 10.1 Å². The molecule has 0 spiro atoms. The summed E-state index contributed by atoms with van der Waals surface area (Å²) < 4.78 is 5.16. The van der Waals surface area contributed by atoms with E-state index in [-0.39, 0.29) is 10.6 Å². The molecule has 21 heavy (non-hydrogen) atoms. The highest BCUT2D eigenvalue weighted by molar-refractivity contribution is 5.56. The molecule has 2 rings (SSSR count). The van der Waals surface area contributed by atoms with Crippen LogP contribution < -0.4 is 5.32 Å². The zero-order valence-electron chi connectivity index (χ0n) is 12.7. The molecule has 0 saturated heterocycles. The summed E-state index contributed by atoms with van der Waals surface area (Å²) in [7, 11) is 1.70. The Kier molecular flexibility index (Phi) is 5.52. The van der Waals surface area contributed by atoms with Crippen molar-refractivity contribution in [2.75, 3.05) is 32.1 Å². The van der Waals surface area contributed by atoms with Crippen molar-refractivity contribution in [1.29, 1.82) is 0 Å². The SMILES string of the molecule is CCNc1ccc([N+](=O)[O-])cc1CN(CCOC)C1CC1. The van der Waals surface area contributed by atoms with Crippen LogP contribution in [0.3, 0.4) is 0 Å². The van der Waals surface area contributed by atoms with Gasteiger partial charge in [0.05, 0.1) is 11.5 Å². The fourth-order valence-electron chi connectivity index (χ4n) is 2.45. The van der Waals surface area contributed by atoms with Crippen LogP contribution in [0.2, 0.25) is 0 Å². The van der Waals surface area contributed by atoms with Crippen LogP contribution in [0.1, 0.15) is 25.3 Å². The molecule has 0 atom stereocenters. The van der Waals surface area contributed by atoms with Gasteiger partial charge in [-0.2, -0.15) is 0 Å². The average molecular weight is 293 g/mol. The highest BCUT2D eigenvalue weighted by Gasteiger charge is 2.29. The summed E-state index contributed by atoms with van der Waals surface area (Å²) in [5.41, 5.74) is 2.11. The summed E-state index contributed by atoms with van der Waals surface area (Å²) in [6.45, 7) is 5.08. The van der Waals surface area contributed by atoms with E-state index in [1.165, 1.54) is 12.8 Å². The third kappa shape index (κ3) is 4.41. The molecule has 1 aliphatic carbocycles. The van der Waals surface area contributed by atoms with Gasteiger partial charge in [-0.3, -0.25) is 15.0 Å². The Morgan fingerprint density at radius 1 is 1.48 bits per heavy atom. The van der Waals surface area contributed by atoms with Gasteiger partial charge in [-0.15, -0.1) is 0 Å². The molecule has 116 valence electrons. The number of nitro benzene ring substituents is 1. The Bertz CT molecular complexity index is 489. The predicted molar refractivity (Wildman–Crippen MR) is 82.6 cm³/mol. The second-order valence-electron chi connectivity index (χ2n) is 5.32. The minimum atomic E-state index is -0.337. The van der Waals surface area contributed by atoms with Gasteiger partial charge in [-0.25, -0.2) is 0 Å². The zero-order valence-corrected chi connectivity index (χ0v) is 12.7. The van der Waals surface area contributed by atoms with E-state index in [4.69, 9.17) is 4.74 Å². The van der Waals surface area contributed by atoms with Crippen LogP contribution >= 0.6 is 0 Å². The lowest BCUT2D eigenvalue weighted by Gasteiger charge is -2.23. The average Bonchev–Trinajstić information content (AvgIpc) is 3.29. The maximum atomic E-state index is 11.0. The summed E-state index contributed by atoms with van der Waals surface area (Å²) in [6, 6.07) is 5.63. The number of methoxy groups -OCH3 is 1. The van der Waals surface area contributed by atoms with Crippen molar-refractivity contribution >= 4 is 11.4 Å². The number of nitrogens with one attached hydrogen (secondary N) is 1. The highest BCUT2D eigenvalue weighted by atomic mass is 16.6. The van der Waals surface area contributed by atoms with Crippen LogP contribution in [0.25, 0.3) is 0 Å². The minimum absolute atomic E-state index is 0.147. The van der Waals surface area contributed by atoms with Gasteiger partial charge in [-0.1, -0.05) is 0 Å². The first-order valence-corrected chi connectivity index (χ1v) is 7.40. The van der Waals surface area contributed by atoms with E-state index in [2.05, 4.69) is 10.2 Å². The van der Waals surface area contributed by atoms with Crippen molar-refractivity contribution < 1.29 is 9.66 Å². The van der Waals surface area contributed by atoms with E-state index in [0.29, 0.717) is 12.6 Å².